The van der Waals surface area contributed by atoms with E-state index in [1.54, 1.807) is 11.3 Å². The highest BCUT2D eigenvalue weighted by Gasteiger charge is 2.18. The highest BCUT2D eigenvalue weighted by molar-refractivity contribution is 7.07. The molecule has 3 nitrogen and oxygen atoms in total. The molecule has 2 atom stereocenters. The second kappa shape index (κ2) is 7.65. The van der Waals surface area contributed by atoms with Crippen LogP contribution in [0.2, 0.25) is 0 Å². The number of rotatable bonds is 5. The second-order valence-electron chi connectivity index (χ2n) is 3.76. The van der Waals surface area contributed by atoms with Crippen molar-refractivity contribution in [2.24, 2.45) is 11.7 Å². The zero-order valence-corrected chi connectivity index (χ0v) is 11.2. The predicted octanol–water partition coefficient (Wildman–Crippen LogP) is 2.16. The van der Waals surface area contributed by atoms with Gasteiger partial charge in [0.25, 0.3) is 0 Å². The Bertz CT molecular complexity index is 303. The number of carbonyl (C=O) groups excluding carboxylic acids is 1. The topological polar surface area (TPSA) is 55.1 Å². The van der Waals surface area contributed by atoms with Crippen LogP contribution in [-0.4, -0.2) is 11.9 Å². The number of hydrogen-bond acceptors (Lipinski definition) is 3. The second-order valence-corrected chi connectivity index (χ2v) is 4.54. The van der Waals surface area contributed by atoms with Gasteiger partial charge in [0.2, 0.25) is 5.91 Å². The summed E-state index contributed by atoms with van der Waals surface area (Å²) in [6.45, 7) is 4.61. The Morgan fingerprint density at radius 2 is 2.31 bits per heavy atom. The van der Waals surface area contributed by atoms with Gasteiger partial charge in [-0.2, -0.15) is 11.3 Å². The van der Waals surface area contributed by atoms with Gasteiger partial charge >= 0.3 is 0 Å². The van der Waals surface area contributed by atoms with E-state index in [1.165, 1.54) is 0 Å². The van der Waals surface area contributed by atoms with Crippen LogP contribution in [0, 0.1) is 5.92 Å². The summed E-state index contributed by atoms with van der Waals surface area (Å²) in [6.07, 6.45) is 0.924. The fraction of sp³-hybridized carbons (Fsp3) is 0.545. The maximum Gasteiger partial charge on any atom is 0.237 e. The molecule has 1 aromatic heterocycles. The molecule has 0 spiro atoms. The molecule has 0 saturated carbocycles. The van der Waals surface area contributed by atoms with Gasteiger partial charge in [-0.25, -0.2) is 0 Å². The van der Waals surface area contributed by atoms with Gasteiger partial charge < -0.3 is 11.1 Å². The molecular formula is C11H19ClN2OS. The molecule has 5 heteroatoms. The van der Waals surface area contributed by atoms with E-state index in [9.17, 15) is 4.79 Å². The van der Waals surface area contributed by atoms with Crippen molar-refractivity contribution in [3.8, 4) is 0 Å². The van der Waals surface area contributed by atoms with Crippen LogP contribution in [-0.2, 0) is 11.3 Å². The summed E-state index contributed by atoms with van der Waals surface area (Å²) in [5, 5.41) is 6.86. The van der Waals surface area contributed by atoms with Crippen molar-refractivity contribution in [3.63, 3.8) is 0 Å². The summed E-state index contributed by atoms with van der Waals surface area (Å²) in [4.78, 5) is 11.6. The third kappa shape index (κ3) is 4.51. The molecule has 2 unspecified atom stereocenters. The monoisotopic (exact) mass is 262 g/mol. The summed E-state index contributed by atoms with van der Waals surface area (Å²) in [6, 6.07) is 1.60. The summed E-state index contributed by atoms with van der Waals surface area (Å²) in [5.41, 5.74) is 6.93. The first-order valence-corrected chi connectivity index (χ1v) is 6.13. The van der Waals surface area contributed by atoms with Crippen molar-refractivity contribution in [2.75, 3.05) is 0 Å². The van der Waals surface area contributed by atoms with Gasteiger partial charge in [0, 0.05) is 6.54 Å². The molecule has 1 rings (SSSR count). The summed E-state index contributed by atoms with van der Waals surface area (Å²) < 4.78 is 0. The normalized spacial score (nSPS) is 13.7. The SMILES string of the molecule is CCC(C)C(N)C(=O)NCc1ccsc1.Cl. The molecule has 0 aliphatic rings. The van der Waals surface area contributed by atoms with Crippen LogP contribution in [0.5, 0.6) is 0 Å². The molecular weight excluding hydrogens is 244 g/mol. The highest BCUT2D eigenvalue weighted by atomic mass is 35.5. The molecule has 1 heterocycles. The van der Waals surface area contributed by atoms with Crippen molar-refractivity contribution in [2.45, 2.75) is 32.9 Å². The van der Waals surface area contributed by atoms with Crippen molar-refractivity contribution < 1.29 is 4.79 Å². The van der Waals surface area contributed by atoms with Gasteiger partial charge in [0.15, 0.2) is 0 Å². The first-order chi connectivity index (χ1) is 7.15. The number of hydrogen-bond donors (Lipinski definition) is 2. The van der Waals surface area contributed by atoms with Crippen LogP contribution in [0.25, 0.3) is 0 Å². The van der Waals surface area contributed by atoms with Crippen LogP contribution < -0.4 is 11.1 Å². The first-order valence-electron chi connectivity index (χ1n) is 5.19. The molecule has 1 aromatic rings. The van der Waals surface area contributed by atoms with Crippen molar-refractivity contribution in [3.05, 3.63) is 22.4 Å². The van der Waals surface area contributed by atoms with E-state index < -0.39 is 6.04 Å². The van der Waals surface area contributed by atoms with Crippen molar-refractivity contribution in [1.29, 1.82) is 0 Å². The molecule has 0 bridgehead atoms. The van der Waals surface area contributed by atoms with Gasteiger partial charge in [-0.1, -0.05) is 20.3 Å². The molecule has 16 heavy (non-hydrogen) atoms. The highest BCUT2D eigenvalue weighted by Crippen LogP contribution is 2.07. The molecule has 1 amide bonds. The number of amides is 1. The zero-order chi connectivity index (χ0) is 11.3. The van der Waals surface area contributed by atoms with Crippen LogP contribution in [0.4, 0.5) is 0 Å². The van der Waals surface area contributed by atoms with Gasteiger partial charge in [-0.15, -0.1) is 12.4 Å². The van der Waals surface area contributed by atoms with Crippen molar-refractivity contribution >= 4 is 29.7 Å². The van der Waals surface area contributed by atoms with E-state index in [2.05, 4.69) is 5.32 Å². The third-order valence-corrected chi connectivity index (χ3v) is 3.34. The third-order valence-electron chi connectivity index (χ3n) is 2.61. The lowest BCUT2D eigenvalue weighted by Gasteiger charge is -2.17. The fourth-order valence-corrected chi connectivity index (χ4v) is 1.88. The Hall–Kier alpha value is -0.580. The predicted molar refractivity (Wildman–Crippen MR) is 70.8 cm³/mol. The summed E-state index contributed by atoms with van der Waals surface area (Å²) in [5.74, 6) is 0.169. The van der Waals surface area contributed by atoms with Crippen molar-refractivity contribution in [1.82, 2.24) is 5.32 Å². The number of thiophene rings is 1. The van der Waals surface area contributed by atoms with Gasteiger partial charge in [0.1, 0.15) is 0 Å². The van der Waals surface area contributed by atoms with Crippen LogP contribution in [0.1, 0.15) is 25.8 Å². The standard InChI is InChI=1S/C11H18N2OS.ClH/c1-3-8(2)10(12)11(14)13-6-9-4-5-15-7-9;/h4-5,7-8,10H,3,6,12H2,1-2H3,(H,13,14);1H. The van der Waals surface area contributed by atoms with Crippen LogP contribution in [0.3, 0.4) is 0 Å². The fourth-order valence-electron chi connectivity index (χ4n) is 1.21. The average molecular weight is 263 g/mol. The van der Waals surface area contributed by atoms with Gasteiger partial charge in [0.05, 0.1) is 6.04 Å². The Labute approximate surface area is 107 Å². The Morgan fingerprint density at radius 1 is 1.62 bits per heavy atom. The summed E-state index contributed by atoms with van der Waals surface area (Å²) in [7, 11) is 0. The molecule has 0 aromatic carbocycles. The van der Waals surface area contributed by atoms with E-state index in [1.807, 2.05) is 30.7 Å². The molecule has 0 saturated heterocycles. The maximum atomic E-state index is 11.6. The maximum absolute atomic E-state index is 11.6. The average Bonchev–Trinajstić information content (AvgIpc) is 2.76. The van der Waals surface area contributed by atoms with E-state index in [0.717, 1.165) is 12.0 Å². The molecule has 3 N–H and O–H groups in total. The van der Waals surface area contributed by atoms with E-state index in [4.69, 9.17) is 5.73 Å². The van der Waals surface area contributed by atoms with Crippen LogP contribution in [0.15, 0.2) is 16.8 Å². The quantitative estimate of drug-likeness (QED) is 0.854. The van der Waals surface area contributed by atoms with E-state index in [0.29, 0.717) is 6.54 Å². The minimum atomic E-state index is -0.395. The van der Waals surface area contributed by atoms with Crippen LogP contribution >= 0.6 is 23.7 Å². The molecule has 0 aliphatic heterocycles. The molecule has 0 radical (unpaired) electrons. The number of nitrogens with one attached hydrogen (secondary N) is 1. The summed E-state index contributed by atoms with van der Waals surface area (Å²) >= 11 is 1.63. The minimum absolute atomic E-state index is 0. The lowest BCUT2D eigenvalue weighted by Crippen LogP contribution is -2.44. The Morgan fingerprint density at radius 3 is 2.81 bits per heavy atom. The number of nitrogens with two attached hydrogens (primary N) is 1. The lowest BCUT2D eigenvalue weighted by atomic mass is 9.99. The molecule has 92 valence electrons. The zero-order valence-electron chi connectivity index (χ0n) is 9.60. The van der Waals surface area contributed by atoms with E-state index in [-0.39, 0.29) is 24.2 Å². The smallest absolute Gasteiger partial charge is 0.237 e. The number of carbonyl (C=O) groups is 1. The molecule has 0 aliphatic carbocycles. The Kier molecular flexibility index (Phi) is 7.38. The van der Waals surface area contributed by atoms with Gasteiger partial charge in [-0.05, 0) is 28.3 Å². The molecule has 0 fully saturated rings. The van der Waals surface area contributed by atoms with E-state index >= 15 is 0 Å². The van der Waals surface area contributed by atoms with Gasteiger partial charge in [-0.3, -0.25) is 4.79 Å². The largest absolute Gasteiger partial charge is 0.351 e. The minimum Gasteiger partial charge on any atom is -0.351 e. The first kappa shape index (κ1) is 15.4. The number of halogens is 1. The lowest BCUT2D eigenvalue weighted by molar-refractivity contribution is -0.123. The Balaban J connectivity index is 0.00000225.